The summed E-state index contributed by atoms with van der Waals surface area (Å²) in [6, 6.07) is 5.79. The van der Waals surface area contributed by atoms with Gasteiger partial charge in [0, 0.05) is 23.9 Å². The first-order valence-electron chi connectivity index (χ1n) is 6.79. The summed E-state index contributed by atoms with van der Waals surface area (Å²) in [6.45, 7) is 0.584. The number of nitrogens with zero attached hydrogens (tertiary/aromatic N) is 1. The molecule has 0 saturated heterocycles. The third kappa shape index (κ3) is 3.54. The molecule has 1 N–H and O–H groups in total. The number of thiazole rings is 1. The molecule has 1 aliphatic rings. The van der Waals surface area contributed by atoms with Gasteiger partial charge in [-0.25, -0.2) is 4.98 Å². The maximum Gasteiger partial charge on any atom is 0.224 e. The van der Waals surface area contributed by atoms with Gasteiger partial charge >= 0.3 is 0 Å². The summed E-state index contributed by atoms with van der Waals surface area (Å²) in [5, 5.41) is 5.88. The number of nitrogens with one attached hydrogen (secondary N) is 1. The number of benzene rings is 1. The number of amides is 1. The van der Waals surface area contributed by atoms with Gasteiger partial charge in [0.1, 0.15) is 5.75 Å². The highest BCUT2D eigenvalue weighted by atomic mass is 35.5. The van der Waals surface area contributed by atoms with E-state index < -0.39 is 0 Å². The number of carbonyl (C=O) groups is 1. The molecule has 0 unspecified atom stereocenters. The van der Waals surface area contributed by atoms with Crippen LogP contribution in [0.4, 0.5) is 5.69 Å². The van der Waals surface area contributed by atoms with Crippen molar-refractivity contribution in [1.29, 1.82) is 0 Å². The van der Waals surface area contributed by atoms with Gasteiger partial charge in [0.25, 0.3) is 0 Å². The van der Waals surface area contributed by atoms with Crippen LogP contribution in [0, 0.1) is 0 Å². The molecule has 0 spiro atoms. The van der Waals surface area contributed by atoms with Crippen molar-refractivity contribution in [2.75, 3.05) is 11.9 Å². The van der Waals surface area contributed by atoms with E-state index in [1.54, 1.807) is 11.3 Å². The minimum Gasteiger partial charge on any atom is -0.493 e. The summed E-state index contributed by atoms with van der Waals surface area (Å²) in [7, 11) is 0. The van der Waals surface area contributed by atoms with Crippen LogP contribution in [0.2, 0.25) is 0 Å². The highest BCUT2D eigenvalue weighted by molar-refractivity contribution is 7.09. The molecule has 1 aromatic carbocycles. The predicted octanol–water partition coefficient (Wildman–Crippen LogP) is 3.39. The molecule has 2 aromatic rings. The standard InChI is InChI=1S/C15H15ClN2O2S/c16-8-11-9-21-15(17-11)5-6-20-12-2-3-13-10(7-12)1-4-14(19)18-13/h2-3,7,9H,1,4-6,8H2,(H,18,19). The number of anilines is 1. The van der Waals surface area contributed by atoms with Gasteiger partial charge in [-0.3, -0.25) is 4.79 Å². The molecule has 0 saturated carbocycles. The average molecular weight is 323 g/mol. The molecule has 1 aliphatic heterocycles. The van der Waals surface area contributed by atoms with E-state index in [1.807, 2.05) is 23.6 Å². The molecular formula is C15H15ClN2O2S. The Hall–Kier alpha value is -1.59. The second-order valence-corrected chi connectivity index (χ2v) is 6.04. The summed E-state index contributed by atoms with van der Waals surface area (Å²) >= 11 is 7.34. The van der Waals surface area contributed by atoms with E-state index in [0.29, 0.717) is 18.9 Å². The number of hydrogen-bond acceptors (Lipinski definition) is 4. The summed E-state index contributed by atoms with van der Waals surface area (Å²) in [4.78, 5) is 15.7. The fraction of sp³-hybridized carbons (Fsp3) is 0.333. The highest BCUT2D eigenvalue weighted by Crippen LogP contribution is 2.26. The van der Waals surface area contributed by atoms with E-state index in [-0.39, 0.29) is 5.91 Å². The molecule has 0 aliphatic carbocycles. The van der Waals surface area contributed by atoms with Crippen molar-refractivity contribution < 1.29 is 9.53 Å². The Balaban J connectivity index is 1.57. The highest BCUT2D eigenvalue weighted by Gasteiger charge is 2.15. The van der Waals surface area contributed by atoms with E-state index in [1.165, 1.54) is 0 Å². The molecule has 1 aromatic heterocycles. The van der Waals surface area contributed by atoms with Crippen molar-refractivity contribution in [2.45, 2.75) is 25.1 Å². The van der Waals surface area contributed by atoms with Crippen LogP contribution in [0.3, 0.4) is 0 Å². The summed E-state index contributed by atoms with van der Waals surface area (Å²) in [5.41, 5.74) is 2.94. The van der Waals surface area contributed by atoms with E-state index in [2.05, 4.69) is 10.3 Å². The molecule has 1 amide bonds. The molecular weight excluding hydrogens is 308 g/mol. The number of hydrogen-bond donors (Lipinski definition) is 1. The molecule has 4 nitrogen and oxygen atoms in total. The number of aryl methyl sites for hydroxylation is 1. The molecule has 110 valence electrons. The normalized spacial score (nSPS) is 13.7. The predicted molar refractivity (Wildman–Crippen MR) is 84.3 cm³/mol. The summed E-state index contributed by atoms with van der Waals surface area (Å²) < 4.78 is 5.77. The Morgan fingerprint density at radius 3 is 3.10 bits per heavy atom. The summed E-state index contributed by atoms with van der Waals surface area (Å²) in [6.07, 6.45) is 2.08. The number of alkyl halides is 1. The van der Waals surface area contributed by atoms with E-state index in [4.69, 9.17) is 16.3 Å². The first-order valence-corrected chi connectivity index (χ1v) is 8.21. The Kier molecular flexibility index (Phi) is 4.41. The van der Waals surface area contributed by atoms with Crippen LogP contribution < -0.4 is 10.1 Å². The van der Waals surface area contributed by atoms with Gasteiger partial charge < -0.3 is 10.1 Å². The lowest BCUT2D eigenvalue weighted by Crippen LogP contribution is -2.18. The number of halogens is 1. The summed E-state index contributed by atoms with van der Waals surface area (Å²) in [5.74, 6) is 1.36. The molecule has 2 heterocycles. The zero-order valence-corrected chi connectivity index (χ0v) is 13.0. The van der Waals surface area contributed by atoms with E-state index >= 15 is 0 Å². The third-order valence-electron chi connectivity index (χ3n) is 3.29. The van der Waals surface area contributed by atoms with Crippen molar-refractivity contribution in [3.8, 4) is 5.75 Å². The van der Waals surface area contributed by atoms with Gasteiger partial charge in [-0.2, -0.15) is 0 Å². The van der Waals surface area contributed by atoms with Gasteiger partial charge in [-0.05, 0) is 30.2 Å². The second kappa shape index (κ2) is 6.45. The van der Waals surface area contributed by atoms with E-state index in [9.17, 15) is 4.79 Å². The largest absolute Gasteiger partial charge is 0.493 e. The number of aromatic nitrogens is 1. The molecule has 0 radical (unpaired) electrons. The van der Waals surface area contributed by atoms with Gasteiger partial charge in [0.15, 0.2) is 0 Å². The van der Waals surface area contributed by atoms with Crippen molar-refractivity contribution in [3.63, 3.8) is 0 Å². The number of carbonyl (C=O) groups excluding carboxylic acids is 1. The minimum absolute atomic E-state index is 0.0787. The van der Waals surface area contributed by atoms with Crippen LogP contribution in [-0.4, -0.2) is 17.5 Å². The molecule has 0 atom stereocenters. The van der Waals surface area contributed by atoms with Crippen molar-refractivity contribution >= 4 is 34.5 Å². The lowest BCUT2D eigenvalue weighted by Gasteiger charge is -2.17. The Morgan fingerprint density at radius 1 is 1.38 bits per heavy atom. The van der Waals surface area contributed by atoms with Crippen molar-refractivity contribution in [2.24, 2.45) is 0 Å². The van der Waals surface area contributed by atoms with Gasteiger partial charge in [-0.1, -0.05) is 0 Å². The molecule has 0 bridgehead atoms. The van der Waals surface area contributed by atoms with Gasteiger partial charge in [0.05, 0.1) is 23.2 Å². The van der Waals surface area contributed by atoms with Crippen LogP contribution in [0.5, 0.6) is 5.75 Å². The smallest absolute Gasteiger partial charge is 0.224 e. The fourth-order valence-corrected chi connectivity index (χ4v) is 3.24. The number of ether oxygens (including phenoxy) is 1. The monoisotopic (exact) mass is 322 g/mol. The fourth-order valence-electron chi connectivity index (χ4n) is 2.23. The molecule has 0 fully saturated rings. The Bertz CT molecular complexity index is 657. The molecule has 3 rings (SSSR count). The van der Waals surface area contributed by atoms with E-state index in [0.717, 1.165) is 40.5 Å². The van der Waals surface area contributed by atoms with Gasteiger partial charge in [0.2, 0.25) is 5.91 Å². The van der Waals surface area contributed by atoms with Gasteiger partial charge in [-0.15, -0.1) is 22.9 Å². The number of fused-ring (bicyclic) bond motifs is 1. The average Bonchev–Trinajstić information content (AvgIpc) is 2.95. The maximum absolute atomic E-state index is 11.3. The molecule has 6 heteroatoms. The first kappa shape index (κ1) is 14.4. The van der Waals surface area contributed by atoms with Crippen LogP contribution in [0.15, 0.2) is 23.6 Å². The van der Waals surface area contributed by atoms with Crippen LogP contribution in [0.25, 0.3) is 0 Å². The number of rotatable bonds is 5. The van der Waals surface area contributed by atoms with Crippen molar-refractivity contribution in [1.82, 2.24) is 4.98 Å². The second-order valence-electron chi connectivity index (χ2n) is 4.83. The molecule has 21 heavy (non-hydrogen) atoms. The third-order valence-corrected chi connectivity index (χ3v) is 4.52. The first-order chi connectivity index (χ1) is 10.2. The SMILES string of the molecule is O=C1CCc2cc(OCCc3nc(CCl)cs3)ccc2N1. The van der Waals surface area contributed by atoms with Crippen LogP contribution >= 0.6 is 22.9 Å². The zero-order chi connectivity index (χ0) is 14.7. The lowest BCUT2D eigenvalue weighted by atomic mass is 10.0. The maximum atomic E-state index is 11.3. The Morgan fingerprint density at radius 2 is 2.29 bits per heavy atom. The minimum atomic E-state index is 0.0787. The van der Waals surface area contributed by atoms with Crippen molar-refractivity contribution in [3.05, 3.63) is 39.8 Å². The topological polar surface area (TPSA) is 51.2 Å². The Labute approximate surface area is 132 Å². The van der Waals surface area contributed by atoms with Crippen LogP contribution in [-0.2, 0) is 23.5 Å². The van der Waals surface area contributed by atoms with Crippen LogP contribution in [0.1, 0.15) is 22.7 Å². The quantitative estimate of drug-likeness (QED) is 0.858. The zero-order valence-electron chi connectivity index (χ0n) is 11.4. The lowest BCUT2D eigenvalue weighted by molar-refractivity contribution is -0.116.